The van der Waals surface area contributed by atoms with Gasteiger partial charge in [0.25, 0.3) is 0 Å². The Kier molecular flexibility index (Phi) is 3.65. The molecule has 0 aliphatic heterocycles. The van der Waals surface area contributed by atoms with Crippen molar-refractivity contribution in [3.05, 3.63) is 46.1 Å². The Balaban J connectivity index is 1.96. The third-order valence-corrected chi connectivity index (χ3v) is 2.65. The number of benzene rings is 1. The van der Waals surface area contributed by atoms with E-state index in [1.54, 1.807) is 19.2 Å². The zero-order valence-electron chi connectivity index (χ0n) is 10.4. The van der Waals surface area contributed by atoms with Crippen LogP contribution in [0.5, 0.6) is 5.75 Å². The number of aromatic nitrogens is 2. The SMILES string of the molecule is Cn1cc([N+](=O)[O-])c(NCCc2ccc(O)cc2)n1. The van der Waals surface area contributed by atoms with Crippen LogP contribution in [0.15, 0.2) is 30.5 Å². The van der Waals surface area contributed by atoms with Gasteiger partial charge in [-0.25, -0.2) is 0 Å². The number of hydrogen-bond acceptors (Lipinski definition) is 5. The summed E-state index contributed by atoms with van der Waals surface area (Å²) in [5.74, 6) is 0.489. The minimum absolute atomic E-state index is 0.0341. The highest BCUT2D eigenvalue weighted by Gasteiger charge is 2.17. The van der Waals surface area contributed by atoms with Crippen molar-refractivity contribution in [2.24, 2.45) is 7.05 Å². The Morgan fingerprint density at radius 2 is 2.11 bits per heavy atom. The summed E-state index contributed by atoms with van der Waals surface area (Å²) in [6, 6.07) is 6.84. The number of nitrogens with one attached hydrogen (secondary N) is 1. The highest BCUT2D eigenvalue weighted by atomic mass is 16.6. The smallest absolute Gasteiger partial charge is 0.330 e. The molecule has 7 nitrogen and oxygen atoms in total. The fourth-order valence-corrected chi connectivity index (χ4v) is 1.72. The molecule has 7 heteroatoms. The van der Waals surface area contributed by atoms with Crippen LogP contribution in [-0.2, 0) is 13.5 Å². The summed E-state index contributed by atoms with van der Waals surface area (Å²) in [6.07, 6.45) is 2.05. The first kappa shape index (κ1) is 12.9. The maximum absolute atomic E-state index is 10.8. The third kappa shape index (κ3) is 3.21. The first-order valence-corrected chi connectivity index (χ1v) is 5.76. The van der Waals surface area contributed by atoms with Crippen LogP contribution in [-0.4, -0.2) is 26.4 Å². The van der Waals surface area contributed by atoms with E-state index in [2.05, 4.69) is 10.4 Å². The molecule has 0 amide bonds. The van der Waals surface area contributed by atoms with Crippen LogP contribution in [0.3, 0.4) is 0 Å². The lowest BCUT2D eigenvalue weighted by atomic mass is 10.1. The molecule has 0 spiro atoms. The van der Waals surface area contributed by atoms with E-state index in [4.69, 9.17) is 5.11 Å². The third-order valence-electron chi connectivity index (χ3n) is 2.65. The molecule has 0 saturated carbocycles. The van der Waals surface area contributed by atoms with Crippen molar-refractivity contribution in [3.8, 4) is 5.75 Å². The molecule has 19 heavy (non-hydrogen) atoms. The summed E-state index contributed by atoms with van der Waals surface area (Å²) >= 11 is 0. The molecule has 2 N–H and O–H groups in total. The number of nitro groups is 1. The van der Waals surface area contributed by atoms with Gasteiger partial charge >= 0.3 is 5.69 Å². The van der Waals surface area contributed by atoms with Gasteiger partial charge in [0.2, 0.25) is 5.82 Å². The van der Waals surface area contributed by atoms with Crippen LogP contribution >= 0.6 is 0 Å². The first-order chi connectivity index (χ1) is 9.06. The number of aromatic hydroxyl groups is 1. The summed E-state index contributed by atoms with van der Waals surface area (Å²) < 4.78 is 1.40. The molecule has 0 saturated heterocycles. The molecular weight excluding hydrogens is 248 g/mol. The van der Waals surface area contributed by atoms with Gasteiger partial charge in [0.05, 0.1) is 4.92 Å². The van der Waals surface area contributed by atoms with E-state index in [9.17, 15) is 10.1 Å². The van der Waals surface area contributed by atoms with E-state index in [1.807, 2.05) is 12.1 Å². The minimum atomic E-state index is -0.462. The van der Waals surface area contributed by atoms with Crippen molar-refractivity contribution in [1.29, 1.82) is 0 Å². The average Bonchev–Trinajstić information content (AvgIpc) is 2.73. The number of phenolic OH excluding ortho intramolecular Hbond substituents is 1. The predicted molar refractivity (Wildman–Crippen MR) is 70.2 cm³/mol. The molecule has 100 valence electrons. The topological polar surface area (TPSA) is 93.2 Å². The Morgan fingerprint density at radius 1 is 1.42 bits per heavy atom. The van der Waals surface area contributed by atoms with Gasteiger partial charge in [-0.15, -0.1) is 5.10 Å². The van der Waals surface area contributed by atoms with Crippen LogP contribution in [0.2, 0.25) is 0 Å². The Hall–Kier alpha value is -2.57. The normalized spacial score (nSPS) is 10.4. The maximum Gasteiger partial charge on any atom is 0.330 e. The molecule has 1 aromatic carbocycles. The molecule has 0 aliphatic carbocycles. The fraction of sp³-hybridized carbons (Fsp3) is 0.250. The minimum Gasteiger partial charge on any atom is -0.508 e. The zero-order chi connectivity index (χ0) is 13.8. The molecule has 0 radical (unpaired) electrons. The maximum atomic E-state index is 10.8. The standard InChI is InChI=1S/C12H14N4O3/c1-15-8-11(16(18)19)12(14-15)13-7-6-9-2-4-10(17)5-3-9/h2-5,8,17H,6-7H2,1H3,(H,13,14). The van der Waals surface area contributed by atoms with Gasteiger partial charge in [-0.2, -0.15) is 0 Å². The quantitative estimate of drug-likeness (QED) is 0.631. The van der Waals surface area contributed by atoms with E-state index in [0.29, 0.717) is 13.0 Å². The predicted octanol–water partition coefficient (Wildman–Crippen LogP) is 1.69. The summed E-state index contributed by atoms with van der Waals surface area (Å²) in [7, 11) is 1.64. The average molecular weight is 262 g/mol. The van der Waals surface area contributed by atoms with Crippen molar-refractivity contribution in [1.82, 2.24) is 9.78 Å². The second-order valence-corrected chi connectivity index (χ2v) is 4.14. The Labute approximate surface area is 109 Å². The summed E-state index contributed by atoms with van der Waals surface area (Å²) in [4.78, 5) is 10.3. The molecular formula is C12H14N4O3. The number of anilines is 1. The summed E-state index contributed by atoms with van der Waals surface area (Å²) in [5, 5.41) is 26.9. The fourth-order valence-electron chi connectivity index (χ4n) is 1.72. The molecule has 0 aliphatic rings. The molecule has 2 aromatic rings. The van der Waals surface area contributed by atoms with Crippen molar-refractivity contribution < 1.29 is 10.0 Å². The van der Waals surface area contributed by atoms with E-state index in [-0.39, 0.29) is 17.3 Å². The van der Waals surface area contributed by atoms with E-state index < -0.39 is 4.92 Å². The molecule has 2 rings (SSSR count). The van der Waals surface area contributed by atoms with Crippen molar-refractivity contribution in [2.45, 2.75) is 6.42 Å². The first-order valence-electron chi connectivity index (χ1n) is 5.76. The number of rotatable bonds is 5. The number of phenols is 1. The highest BCUT2D eigenvalue weighted by Crippen LogP contribution is 2.21. The zero-order valence-corrected chi connectivity index (χ0v) is 10.4. The van der Waals surface area contributed by atoms with Gasteiger partial charge in [-0.1, -0.05) is 12.1 Å². The molecule has 0 fully saturated rings. The van der Waals surface area contributed by atoms with Gasteiger partial charge in [0.15, 0.2) is 0 Å². The van der Waals surface area contributed by atoms with E-state index >= 15 is 0 Å². The highest BCUT2D eigenvalue weighted by molar-refractivity contribution is 5.54. The lowest BCUT2D eigenvalue weighted by Crippen LogP contribution is -2.07. The number of hydrogen-bond donors (Lipinski definition) is 2. The second kappa shape index (κ2) is 5.38. The Morgan fingerprint density at radius 3 is 2.74 bits per heavy atom. The molecule has 0 unspecified atom stereocenters. The largest absolute Gasteiger partial charge is 0.508 e. The van der Waals surface area contributed by atoms with Gasteiger partial charge in [-0.05, 0) is 24.1 Å². The summed E-state index contributed by atoms with van der Waals surface area (Å²) in [5.41, 5.74) is 0.997. The Bertz CT molecular complexity index is 577. The molecule has 1 aromatic heterocycles. The van der Waals surface area contributed by atoms with Gasteiger partial charge in [-0.3, -0.25) is 14.8 Å². The lowest BCUT2D eigenvalue weighted by molar-refractivity contribution is -0.384. The van der Waals surface area contributed by atoms with Crippen LogP contribution < -0.4 is 5.32 Å². The van der Waals surface area contributed by atoms with Crippen LogP contribution in [0, 0.1) is 10.1 Å². The molecule has 0 atom stereocenters. The van der Waals surface area contributed by atoms with Gasteiger partial charge in [0, 0.05) is 13.6 Å². The number of aryl methyl sites for hydroxylation is 1. The summed E-state index contributed by atoms with van der Waals surface area (Å²) in [6.45, 7) is 0.530. The van der Waals surface area contributed by atoms with Crippen LogP contribution in [0.1, 0.15) is 5.56 Å². The van der Waals surface area contributed by atoms with E-state index in [1.165, 1.54) is 10.9 Å². The van der Waals surface area contributed by atoms with Crippen molar-refractivity contribution >= 4 is 11.5 Å². The van der Waals surface area contributed by atoms with Crippen molar-refractivity contribution in [3.63, 3.8) is 0 Å². The van der Waals surface area contributed by atoms with Gasteiger partial charge in [0.1, 0.15) is 11.9 Å². The van der Waals surface area contributed by atoms with Gasteiger partial charge < -0.3 is 10.4 Å². The number of nitrogens with zero attached hydrogens (tertiary/aromatic N) is 3. The van der Waals surface area contributed by atoms with E-state index in [0.717, 1.165) is 5.56 Å². The van der Waals surface area contributed by atoms with Crippen molar-refractivity contribution in [2.75, 3.05) is 11.9 Å². The molecule has 0 bridgehead atoms. The second-order valence-electron chi connectivity index (χ2n) is 4.14. The van der Waals surface area contributed by atoms with Crippen LogP contribution in [0.25, 0.3) is 0 Å². The van der Waals surface area contributed by atoms with Crippen LogP contribution in [0.4, 0.5) is 11.5 Å². The molecule has 1 heterocycles. The monoisotopic (exact) mass is 262 g/mol. The lowest BCUT2D eigenvalue weighted by Gasteiger charge is -2.03.